The highest BCUT2D eigenvalue weighted by Crippen LogP contribution is 2.41. The van der Waals surface area contributed by atoms with Gasteiger partial charge in [0.2, 0.25) is 0 Å². The number of hydrogen-bond donors (Lipinski definition) is 3. The second-order valence-electron chi connectivity index (χ2n) is 6.72. The molecule has 0 spiro atoms. The number of aliphatic hydroxyl groups excluding tert-OH is 1. The van der Waals surface area contributed by atoms with Crippen LogP contribution in [0.5, 0.6) is 0 Å². The fraction of sp³-hybridized carbons (Fsp3) is 0.368. The first-order chi connectivity index (χ1) is 13.3. The summed E-state index contributed by atoms with van der Waals surface area (Å²) in [6, 6.07) is 4.89. The molecule has 1 aliphatic rings. The first-order valence-electron chi connectivity index (χ1n) is 8.89. The van der Waals surface area contributed by atoms with E-state index in [1.807, 2.05) is 6.07 Å². The van der Waals surface area contributed by atoms with E-state index >= 15 is 0 Å². The Kier molecular flexibility index (Phi) is 5.66. The van der Waals surface area contributed by atoms with Gasteiger partial charge >= 0.3 is 5.69 Å². The van der Waals surface area contributed by atoms with Crippen molar-refractivity contribution in [3.8, 4) is 0 Å². The number of nitrogens with one attached hydrogen (secondary N) is 2. The van der Waals surface area contributed by atoms with Crippen LogP contribution in [0.4, 0.5) is 15.9 Å². The van der Waals surface area contributed by atoms with Crippen molar-refractivity contribution in [1.82, 2.24) is 14.6 Å². The Bertz CT molecular complexity index is 1020. The van der Waals surface area contributed by atoms with E-state index in [0.717, 1.165) is 23.0 Å². The summed E-state index contributed by atoms with van der Waals surface area (Å²) >= 11 is 0. The monoisotopic (exact) mass is 390 g/mol. The molecule has 0 unspecified atom stereocenters. The van der Waals surface area contributed by atoms with Crippen molar-refractivity contribution in [3.05, 3.63) is 62.6 Å². The topological polar surface area (TPSA) is 97.5 Å². The zero-order chi connectivity index (χ0) is 20.4. The molecule has 1 heterocycles. The van der Waals surface area contributed by atoms with E-state index in [1.54, 1.807) is 6.07 Å². The largest absolute Gasteiger partial charge is 0.394 e. The standard InChI is InChI=1S/C19H23FN4O4/c1-11(22-28-9-8-25)16-17(23(2)19(27)24(3)18(16)26)21-15-7-6-13(10-14(15)20)12-4-5-12/h6-7,10,12,21-22,25H,1,4-5,8-9H2,2-3H3. The van der Waals surface area contributed by atoms with Crippen LogP contribution < -0.4 is 22.0 Å². The van der Waals surface area contributed by atoms with Crippen LogP contribution in [0.15, 0.2) is 34.4 Å². The number of aromatic nitrogens is 2. The van der Waals surface area contributed by atoms with Crippen LogP contribution in [0, 0.1) is 5.82 Å². The van der Waals surface area contributed by atoms with Crippen LogP contribution in [0.3, 0.4) is 0 Å². The fourth-order valence-corrected chi connectivity index (χ4v) is 2.93. The van der Waals surface area contributed by atoms with Gasteiger partial charge in [0.15, 0.2) is 0 Å². The molecule has 2 aromatic rings. The number of anilines is 2. The zero-order valence-corrected chi connectivity index (χ0v) is 15.8. The maximum atomic E-state index is 14.6. The first kappa shape index (κ1) is 19.8. The molecular formula is C19H23FN4O4. The molecule has 1 aromatic carbocycles. The van der Waals surface area contributed by atoms with Gasteiger partial charge < -0.3 is 10.4 Å². The lowest BCUT2D eigenvalue weighted by Gasteiger charge is -2.19. The van der Waals surface area contributed by atoms with E-state index < -0.39 is 17.1 Å². The van der Waals surface area contributed by atoms with Crippen LogP contribution in [-0.4, -0.2) is 27.5 Å². The number of halogens is 1. The molecular weight excluding hydrogens is 367 g/mol. The number of nitrogens with zero attached hydrogens (tertiary/aromatic N) is 2. The smallest absolute Gasteiger partial charge is 0.332 e. The maximum Gasteiger partial charge on any atom is 0.332 e. The number of aliphatic hydroxyl groups is 1. The van der Waals surface area contributed by atoms with Crippen molar-refractivity contribution in [1.29, 1.82) is 0 Å². The van der Waals surface area contributed by atoms with E-state index in [4.69, 9.17) is 9.94 Å². The minimum atomic E-state index is -0.620. The van der Waals surface area contributed by atoms with Gasteiger partial charge in [-0.05, 0) is 36.5 Å². The molecule has 0 bridgehead atoms. The van der Waals surface area contributed by atoms with Crippen LogP contribution >= 0.6 is 0 Å². The molecule has 28 heavy (non-hydrogen) atoms. The molecule has 150 valence electrons. The molecule has 1 fully saturated rings. The normalized spacial score (nSPS) is 13.4. The molecule has 0 saturated heterocycles. The number of rotatable bonds is 8. The third-order valence-electron chi connectivity index (χ3n) is 4.65. The van der Waals surface area contributed by atoms with Gasteiger partial charge in [0.05, 0.1) is 24.6 Å². The maximum absolute atomic E-state index is 14.6. The van der Waals surface area contributed by atoms with Gasteiger partial charge in [0.25, 0.3) is 5.56 Å². The molecule has 9 heteroatoms. The van der Waals surface area contributed by atoms with Gasteiger partial charge in [0, 0.05) is 14.1 Å². The van der Waals surface area contributed by atoms with E-state index in [0.29, 0.717) is 5.92 Å². The van der Waals surface area contributed by atoms with Gasteiger partial charge in [0.1, 0.15) is 17.2 Å². The summed E-state index contributed by atoms with van der Waals surface area (Å²) in [4.78, 5) is 30.0. The van der Waals surface area contributed by atoms with E-state index in [1.165, 1.54) is 24.7 Å². The summed E-state index contributed by atoms with van der Waals surface area (Å²) in [5.41, 5.74) is 2.44. The molecule has 8 nitrogen and oxygen atoms in total. The highest BCUT2D eigenvalue weighted by molar-refractivity contribution is 5.74. The Morgan fingerprint density at radius 2 is 2.04 bits per heavy atom. The molecule has 0 amide bonds. The molecule has 1 aromatic heterocycles. The molecule has 1 saturated carbocycles. The fourth-order valence-electron chi connectivity index (χ4n) is 2.93. The predicted octanol–water partition coefficient (Wildman–Crippen LogP) is 1.33. The van der Waals surface area contributed by atoms with Crippen molar-refractivity contribution in [2.24, 2.45) is 14.1 Å². The zero-order valence-electron chi connectivity index (χ0n) is 15.8. The Morgan fingerprint density at radius 1 is 1.32 bits per heavy atom. The average molecular weight is 390 g/mol. The molecule has 0 radical (unpaired) electrons. The molecule has 3 rings (SSSR count). The summed E-state index contributed by atoms with van der Waals surface area (Å²) < 4.78 is 16.7. The van der Waals surface area contributed by atoms with E-state index in [-0.39, 0.29) is 36.0 Å². The highest BCUT2D eigenvalue weighted by Gasteiger charge is 2.25. The second-order valence-corrected chi connectivity index (χ2v) is 6.72. The number of hydrogen-bond acceptors (Lipinski definition) is 6. The average Bonchev–Trinajstić information content (AvgIpc) is 3.51. The van der Waals surface area contributed by atoms with Gasteiger partial charge in [-0.1, -0.05) is 12.6 Å². The molecule has 3 N–H and O–H groups in total. The Hall–Kier alpha value is -2.91. The van der Waals surface area contributed by atoms with Gasteiger partial charge in [-0.25, -0.2) is 9.18 Å². The molecule has 1 aliphatic carbocycles. The lowest BCUT2D eigenvalue weighted by atomic mass is 10.1. The van der Waals surface area contributed by atoms with Crippen molar-refractivity contribution in [3.63, 3.8) is 0 Å². The third kappa shape index (κ3) is 3.85. The Morgan fingerprint density at radius 3 is 2.64 bits per heavy atom. The minimum absolute atomic E-state index is 0.0215. The molecule has 0 aliphatic heterocycles. The second kappa shape index (κ2) is 7.99. The van der Waals surface area contributed by atoms with Gasteiger partial charge in [-0.3, -0.25) is 24.2 Å². The minimum Gasteiger partial charge on any atom is -0.394 e. The Labute approximate surface area is 160 Å². The van der Waals surface area contributed by atoms with E-state index in [2.05, 4.69) is 17.4 Å². The van der Waals surface area contributed by atoms with Crippen LogP contribution in [0.2, 0.25) is 0 Å². The van der Waals surface area contributed by atoms with Crippen molar-refractivity contribution >= 4 is 17.2 Å². The molecule has 0 atom stereocenters. The first-order valence-corrected chi connectivity index (χ1v) is 8.89. The van der Waals surface area contributed by atoms with Gasteiger partial charge in [-0.2, -0.15) is 0 Å². The van der Waals surface area contributed by atoms with Crippen molar-refractivity contribution in [2.45, 2.75) is 18.8 Å². The highest BCUT2D eigenvalue weighted by atomic mass is 19.1. The summed E-state index contributed by atoms with van der Waals surface area (Å²) in [5, 5.41) is 11.7. The van der Waals surface area contributed by atoms with Crippen molar-refractivity contribution in [2.75, 3.05) is 18.5 Å². The van der Waals surface area contributed by atoms with Crippen LogP contribution in [0.25, 0.3) is 5.70 Å². The Balaban J connectivity index is 2.02. The lowest BCUT2D eigenvalue weighted by Crippen LogP contribution is -2.41. The number of benzene rings is 1. The van der Waals surface area contributed by atoms with Gasteiger partial charge in [-0.15, -0.1) is 0 Å². The van der Waals surface area contributed by atoms with Crippen LogP contribution in [-0.2, 0) is 18.9 Å². The summed E-state index contributed by atoms with van der Waals surface area (Å²) in [6.07, 6.45) is 2.11. The quantitative estimate of drug-likeness (QED) is 0.465. The summed E-state index contributed by atoms with van der Waals surface area (Å²) in [6.45, 7) is 3.51. The van der Waals surface area contributed by atoms with Crippen LogP contribution in [0.1, 0.15) is 29.9 Å². The number of hydroxylamine groups is 1. The predicted molar refractivity (Wildman–Crippen MR) is 104 cm³/mol. The summed E-state index contributed by atoms with van der Waals surface area (Å²) in [7, 11) is 2.80. The van der Waals surface area contributed by atoms with Crippen molar-refractivity contribution < 1.29 is 14.3 Å². The third-order valence-corrected chi connectivity index (χ3v) is 4.65. The SMILES string of the molecule is C=C(NOCCO)c1c(Nc2ccc(C3CC3)cc2F)n(C)c(=O)n(C)c1=O. The lowest BCUT2D eigenvalue weighted by molar-refractivity contribution is 0.0481. The summed E-state index contributed by atoms with van der Waals surface area (Å²) in [5.74, 6) is 0.00925. The van der Waals surface area contributed by atoms with E-state index in [9.17, 15) is 14.0 Å².